The number of carbonyl (C=O) groups is 2. The standard InChI is InChI=1S/C28H38N2O6.2BrH/c1-29(2,19-27-33-13-14-34-27)17-25(31)23-9-5-21(6-10-23)22-7-11-24(12-8-22)26(32)18-30(3,4)20-28-35-15-16-36-28;;/h5-12,27-28H,13-20H2,1-4H3;2*1H/q+2;;/p-2. The van der Waals surface area contributed by atoms with Crippen LogP contribution in [0.2, 0.25) is 0 Å². The molecule has 2 aromatic carbocycles. The van der Waals surface area contributed by atoms with E-state index < -0.39 is 0 Å². The van der Waals surface area contributed by atoms with Crippen molar-refractivity contribution in [2.24, 2.45) is 0 Å². The summed E-state index contributed by atoms with van der Waals surface area (Å²) in [6.45, 7) is 4.44. The van der Waals surface area contributed by atoms with E-state index in [1.165, 1.54) is 0 Å². The van der Waals surface area contributed by atoms with E-state index in [0.29, 0.717) is 72.7 Å². The van der Waals surface area contributed by atoms with Gasteiger partial charge in [0.2, 0.25) is 24.1 Å². The van der Waals surface area contributed by atoms with Crippen molar-refractivity contribution in [2.75, 3.05) is 80.8 Å². The Kier molecular flexibility index (Phi) is 12.2. The molecule has 2 aliphatic rings. The van der Waals surface area contributed by atoms with E-state index in [1.807, 2.05) is 76.7 Å². The highest BCUT2D eigenvalue weighted by atomic mass is 79.9. The molecule has 38 heavy (non-hydrogen) atoms. The largest absolute Gasteiger partial charge is 1.00 e. The molecule has 2 heterocycles. The molecule has 10 heteroatoms. The van der Waals surface area contributed by atoms with Gasteiger partial charge >= 0.3 is 0 Å². The normalized spacial score (nSPS) is 16.6. The lowest BCUT2D eigenvalue weighted by atomic mass is 10.00. The Balaban J connectivity index is 0.00000253. The van der Waals surface area contributed by atoms with Crippen molar-refractivity contribution in [3.63, 3.8) is 0 Å². The topological polar surface area (TPSA) is 71.1 Å². The molecule has 0 atom stereocenters. The van der Waals surface area contributed by atoms with E-state index in [1.54, 1.807) is 0 Å². The van der Waals surface area contributed by atoms with Crippen LogP contribution < -0.4 is 34.0 Å². The van der Waals surface area contributed by atoms with Crippen LogP contribution in [0.25, 0.3) is 11.1 Å². The molecule has 2 aromatic rings. The Morgan fingerprint density at radius 1 is 0.605 bits per heavy atom. The molecule has 0 aromatic heterocycles. The number of rotatable bonds is 11. The summed E-state index contributed by atoms with van der Waals surface area (Å²) >= 11 is 0. The van der Waals surface area contributed by atoms with Gasteiger partial charge in [0.1, 0.15) is 26.2 Å². The summed E-state index contributed by atoms with van der Waals surface area (Å²) in [5.41, 5.74) is 3.36. The molecule has 0 saturated carbocycles. The van der Waals surface area contributed by atoms with Crippen molar-refractivity contribution in [3.8, 4) is 11.1 Å². The number of ketones is 2. The van der Waals surface area contributed by atoms with Gasteiger partial charge in [-0.15, -0.1) is 0 Å². The van der Waals surface area contributed by atoms with Crippen molar-refractivity contribution in [1.82, 2.24) is 0 Å². The molecular formula is C28H38Br2N2O6. The van der Waals surface area contributed by atoms with E-state index in [4.69, 9.17) is 18.9 Å². The maximum absolute atomic E-state index is 12.9. The highest BCUT2D eigenvalue weighted by molar-refractivity contribution is 5.98. The Bertz CT molecular complexity index is 963. The molecule has 2 aliphatic heterocycles. The first-order chi connectivity index (χ1) is 17.1. The summed E-state index contributed by atoms with van der Waals surface area (Å²) < 4.78 is 23.1. The maximum Gasteiger partial charge on any atom is 0.216 e. The second-order valence-electron chi connectivity index (χ2n) is 10.9. The van der Waals surface area contributed by atoms with Gasteiger partial charge in [-0.1, -0.05) is 48.5 Å². The number of hydrogen-bond acceptors (Lipinski definition) is 6. The fourth-order valence-corrected chi connectivity index (χ4v) is 4.62. The minimum Gasteiger partial charge on any atom is -1.00 e. The number of nitrogens with zero attached hydrogens (tertiary/aromatic N) is 2. The molecule has 0 radical (unpaired) electrons. The van der Waals surface area contributed by atoms with Crippen molar-refractivity contribution in [1.29, 1.82) is 0 Å². The van der Waals surface area contributed by atoms with E-state index in [2.05, 4.69) is 0 Å². The van der Waals surface area contributed by atoms with Crippen LogP contribution in [0.4, 0.5) is 0 Å². The zero-order valence-corrected chi connectivity index (χ0v) is 25.7. The Hall–Kier alpha value is -1.50. The number of Topliss-reactive ketones (excluding diaryl/α,β-unsaturated/α-hetero) is 2. The number of hydrogen-bond donors (Lipinski definition) is 0. The average molecular weight is 658 g/mol. The number of halogens is 2. The van der Waals surface area contributed by atoms with Crippen LogP contribution in [0, 0.1) is 0 Å². The lowest BCUT2D eigenvalue weighted by molar-refractivity contribution is -0.887. The summed E-state index contributed by atoms with van der Waals surface area (Å²) in [7, 11) is 8.04. The van der Waals surface area contributed by atoms with Gasteiger partial charge in [-0.25, -0.2) is 0 Å². The van der Waals surface area contributed by atoms with Crippen LogP contribution in [0.5, 0.6) is 0 Å². The van der Waals surface area contributed by atoms with E-state index in [9.17, 15) is 9.59 Å². The van der Waals surface area contributed by atoms with E-state index in [0.717, 1.165) is 11.1 Å². The average Bonchev–Trinajstić information content (AvgIpc) is 3.52. The van der Waals surface area contributed by atoms with Gasteiger partial charge in [0.25, 0.3) is 0 Å². The summed E-state index contributed by atoms with van der Waals surface area (Å²) in [4.78, 5) is 25.7. The number of carbonyl (C=O) groups excluding carboxylic acids is 2. The maximum atomic E-state index is 12.9. The smallest absolute Gasteiger partial charge is 0.216 e. The molecule has 0 bridgehead atoms. The van der Waals surface area contributed by atoms with Gasteiger partial charge in [0, 0.05) is 11.1 Å². The Morgan fingerprint density at radius 2 is 0.895 bits per heavy atom. The van der Waals surface area contributed by atoms with Crippen LogP contribution in [0.15, 0.2) is 48.5 Å². The lowest BCUT2D eigenvalue weighted by Crippen LogP contribution is -3.00. The van der Waals surface area contributed by atoms with E-state index in [-0.39, 0.29) is 58.1 Å². The second-order valence-corrected chi connectivity index (χ2v) is 10.9. The van der Waals surface area contributed by atoms with Crippen LogP contribution in [0.3, 0.4) is 0 Å². The molecule has 4 rings (SSSR count). The first-order valence-electron chi connectivity index (χ1n) is 12.5. The third-order valence-electron chi connectivity index (χ3n) is 6.56. The zero-order valence-electron chi connectivity index (χ0n) is 22.5. The van der Waals surface area contributed by atoms with Gasteiger partial charge in [-0.3, -0.25) is 9.59 Å². The number of benzene rings is 2. The molecular weight excluding hydrogens is 620 g/mol. The fourth-order valence-electron chi connectivity index (χ4n) is 4.62. The molecule has 2 saturated heterocycles. The summed E-state index contributed by atoms with van der Waals surface area (Å²) in [6.07, 6.45) is -0.490. The minimum atomic E-state index is -0.245. The van der Waals surface area contributed by atoms with Gasteiger partial charge in [0.15, 0.2) is 0 Å². The number of likely N-dealkylation sites (N-methyl/N-ethyl adjacent to an activating group) is 2. The second kappa shape index (κ2) is 14.2. The summed E-state index contributed by atoms with van der Waals surface area (Å²) in [5, 5.41) is 0. The zero-order chi connectivity index (χ0) is 25.8. The Morgan fingerprint density at radius 3 is 1.18 bits per heavy atom. The predicted molar refractivity (Wildman–Crippen MR) is 136 cm³/mol. The van der Waals surface area contributed by atoms with Crippen molar-refractivity contribution >= 4 is 11.6 Å². The quantitative estimate of drug-likeness (QED) is 0.186. The van der Waals surface area contributed by atoms with Crippen molar-refractivity contribution in [2.45, 2.75) is 12.6 Å². The molecule has 0 N–H and O–H groups in total. The molecule has 2 fully saturated rings. The van der Waals surface area contributed by atoms with E-state index >= 15 is 0 Å². The Labute approximate surface area is 246 Å². The third-order valence-corrected chi connectivity index (χ3v) is 6.56. The predicted octanol–water partition coefficient (Wildman–Crippen LogP) is -3.37. The fraction of sp³-hybridized carbons (Fsp3) is 0.500. The molecule has 0 amide bonds. The molecule has 0 aliphatic carbocycles. The molecule has 0 unspecified atom stereocenters. The first kappa shape index (κ1) is 32.7. The highest BCUT2D eigenvalue weighted by Gasteiger charge is 2.30. The number of ether oxygens (including phenoxy) is 4. The van der Waals surface area contributed by atoms with Crippen molar-refractivity contribution in [3.05, 3.63) is 59.7 Å². The number of quaternary nitrogens is 2. The first-order valence-corrected chi connectivity index (χ1v) is 12.5. The van der Waals surface area contributed by atoms with Crippen LogP contribution in [-0.2, 0) is 18.9 Å². The van der Waals surface area contributed by atoms with Crippen LogP contribution in [0.1, 0.15) is 20.7 Å². The SMILES string of the molecule is C[N+](C)(CC(=O)c1ccc(-c2ccc(C(=O)C[N+](C)(C)CC3OCCO3)cc2)cc1)CC1OCCO1.[Br-].[Br-]. The monoisotopic (exact) mass is 656 g/mol. The van der Waals surface area contributed by atoms with Crippen LogP contribution in [-0.4, -0.2) is 114 Å². The molecule has 8 nitrogen and oxygen atoms in total. The van der Waals surface area contributed by atoms with Gasteiger partial charge in [-0.2, -0.15) is 0 Å². The minimum absolute atomic E-state index is 0. The molecule has 210 valence electrons. The molecule has 0 spiro atoms. The van der Waals surface area contributed by atoms with Gasteiger partial charge < -0.3 is 61.9 Å². The summed E-state index contributed by atoms with van der Waals surface area (Å²) in [6, 6.07) is 15.3. The highest BCUT2D eigenvalue weighted by Crippen LogP contribution is 2.22. The van der Waals surface area contributed by atoms with Gasteiger partial charge in [0.05, 0.1) is 54.6 Å². The summed E-state index contributed by atoms with van der Waals surface area (Å²) in [5.74, 6) is 0.166. The lowest BCUT2D eigenvalue weighted by Gasteiger charge is -2.30. The van der Waals surface area contributed by atoms with Crippen LogP contribution >= 0.6 is 0 Å². The van der Waals surface area contributed by atoms with Gasteiger partial charge in [-0.05, 0) is 11.1 Å². The third kappa shape index (κ3) is 9.31. The van der Waals surface area contributed by atoms with Crippen molar-refractivity contribution < 1.29 is 71.5 Å².